The van der Waals surface area contributed by atoms with Gasteiger partial charge in [0, 0.05) is 32.8 Å². The van der Waals surface area contributed by atoms with E-state index in [0.29, 0.717) is 39.1 Å². The summed E-state index contributed by atoms with van der Waals surface area (Å²) in [7, 11) is -2.63. The highest BCUT2D eigenvalue weighted by atomic mass is 28.4. The van der Waals surface area contributed by atoms with Gasteiger partial charge in [-0.05, 0) is 20.8 Å². The molecule has 0 aromatic rings. The molecule has 1 aliphatic heterocycles. The number of nitrogens with zero attached hydrogens (tertiary/aromatic N) is 1. The minimum absolute atomic E-state index is 0.0998. The Balaban J connectivity index is 2.60. The Hall–Kier alpha value is -0.473. The third kappa shape index (κ3) is 4.66. The number of hydrogen-bond acceptors (Lipinski definition) is 5. The van der Waals surface area contributed by atoms with E-state index >= 15 is 0 Å². The predicted octanol–water partition coefficient (Wildman–Crippen LogP) is 0.353. The molecule has 0 radical (unpaired) electrons. The lowest BCUT2D eigenvalue weighted by atomic mass is 10.3. The summed E-state index contributed by atoms with van der Waals surface area (Å²) in [5.74, 6) is 0.0998. The van der Waals surface area contributed by atoms with Crippen LogP contribution in [0.1, 0.15) is 27.2 Å². The highest BCUT2D eigenvalue weighted by molar-refractivity contribution is 6.60. The van der Waals surface area contributed by atoms with Crippen LogP contribution in [0.15, 0.2) is 0 Å². The van der Waals surface area contributed by atoms with Crippen LogP contribution >= 0.6 is 0 Å². The van der Waals surface area contributed by atoms with Crippen LogP contribution in [0.25, 0.3) is 0 Å². The zero-order valence-corrected chi connectivity index (χ0v) is 12.5. The molecular weight excluding hydrogens is 252 g/mol. The summed E-state index contributed by atoms with van der Waals surface area (Å²) in [6, 6.07) is 0. The van der Waals surface area contributed by atoms with Crippen molar-refractivity contribution in [2.45, 2.75) is 27.2 Å². The van der Waals surface area contributed by atoms with Crippen molar-refractivity contribution in [3.05, 3.63) is 0 Å². The van der Waals surface area contributed by atoms with Gasteiger partial charge in [0.25, 0.3) is 0 Å². The van der Waals surface area contributed by atoms with Crippen molar-refractivity contribution < 1.29 is 18.1 Å². The van der Waals surface area contributed by atoms with E-state index in [9.17, 15) is 4.79 Å². The molecule has 1 heterocycles. The van der Waals surface area contributed by atoms with Gasteiger partial charge in [0.05, 0.1) is 12.8 Å². The molecule has 0 saturated carbocycles. The molecule has 18 heavy (non-hydrogen) atoms. The van der Waals surface area contributed by atoms with Crippen LogP contribution in [-0.4, -0.2) is 58.8 Å². The molecule has 106 valence electrons. The maximum atomic E-state index is 11.1. The molecule has 0 unspecified atom stereocenters. The van der Waals surface area contributed by atoms with E-state index < -0.39 is 8.80 Å². The number of carbonyl (C=O) groups is 1. The van der Waals surface area contributed by atoms with E-state index in [-0.39, 0.29) is 5.91 Å². The van der Waals surface area contributed by atoms with Gasteiger partial charge in [-0.1, -0.05) is 0 Å². The molecule has 7 heteroatoms. The van der Waals surface area contributed by atoms with Gasteiger partial charge in [-0.25, -0.2) is 0 Å². The molecule has 0 bridgehead atoms. The van der Waals surface area contributed by atoms with Gasteiger partial charge in [0.2, 0.25) is 5.91 Å². The van der Waals surface area contributed by atoms with Crippen LogP contribution in [-0.2, 0) is 18.1 Å². The van der Waals surface area contributed by atoms with Crippen molar-refractivity contribution in [1.29, 1.82) is 0 Å². The van der Waals surface area contributed by atoms with Crippen LogP contribution in [0.4, 0.5) is 0 Å². The fourth-order valence-electron chi connectivity index (χ4n) is 1.96. The van der Waals surface area contributed by atoms with E-state index in [4.69, 9.17) is 13.3 Å². The SMILES string of the molecule is CCO[Si](CN1CCC(=O)NC1)(OCC)OCC. The van der Waals surface area contributed by atoms with Crippen molar-refractivity contribution in [2.75, 3.05) is 39.2 Å². The van der Waals surface area contributed by atoms with Gasteiger partial charge in [-0.3, -0.25) is 9.69 Å². The Kier molecular flexibility index (Phi) is 6.80. The number of rotatable bonds is 8. The van der Waals surface area contributed by atoms with E-state index in [1.165, 1.54) is 0 Å². The van der Waals surface area contributed by atoms with E-state index in [2.05, 4.69) is 10.2 Å². The first-order valence-corrected chi connectivity index (χ1v) is 8.50. The van der Waals surface area contributed by atoms with Gasteiger partial charge < -0.3 is 18.6 Å². The fourth-order valence-corrected chi connectivity index (χ4v) is 4.62. The van der Waals surface area contributed by atoms with Crippen molar-refractivity contribution in [3.63, 3.8) is 0 Å². The zero-order valence-electron chi connectivity index (χ0n) is 11.5. The molecule has 1 saturated heterocycles. The van der Waals surface area contributed by atoms with Gasteiger partial charge in [-0.2, -0.15) is 0 Å². The minimum Gasteiger partial charge on any atom is -0.373 e. The molecular formula is C11H24N2O4Si. The fraction of sp³-hybridized carbons (Fsp3) is 0.909. The lowest BCUT2D eigenvalue weighted by Crippen LogP contribution is -2.58. The average molecular weight is 276 g/mol. The molecule has 1 N–H and O–H groups in total. The van der Waals surface area contributed by atoms with Gasteiger partial charge in [0.15, 0.2) is 0 Å². The first kappa shape index (κ1) is 15.6. The molecule has 0 atom stereocenters. The second-order valence-electron chi connectivity index (χ2n) is 4.04. The second-order valence-corrected chi connectivity index (χ2v) is 6.59. The van der Waals surface area contributed by atoms with Crippen LogP contribution < -0.4 is 5.32 Å². The summed E-state index contributed by atoms with van der Waals surface area (Å²) in [6.07, 6.45) is 1.15. The lowest BCUT2D eigenvalue weighted by Gasteiger charge is -2.35. The van der Waals surface area contributed by atoms with Crippen LogP contribution in [0.5, 0.6) is 0 Å². The topological polar surface area (TPSA) is 60.0 Å². The molecule has 0 aliphatic carbocycles. The first-order chi connectivity index (χ1) is 8.65. The van der Waals surface area contributed by atoms with Gasteiger partial charge >= 0.3 is 8.80 Å². The Morgan fingerprint density at radius 1 is 1.17 bits per heavy atom. The second kappa shape index (κ2) is 7.85. The van der Waals surface area contributed by atoms with Crippen molar-refractivity contribution >= 4 is 14.7 Å². The van der Waals surface area contributed by atoms with Crippen LogP contribution in [0.3, 0.4) is 0 Å². The third-order valence-electron chi connectivity index (χ3n) is 2.66. The van der Waals surface area contributed by atoms with Gasteiger partial charge in [-0.15, -0.1) is 0 Å². The first-order valence-electron chi connectivity index (χ1n) is 6.56. The molecule has 1 amide bonds. The average Bonchev–Trinajstić information content (AvgIpc) is 2.33. The predicted molar refractivity (Wildman–Crippen MR) is 69.8 cm³/mol. The van der Waals surface area contributed by atoms with Gasteiger partial charge in [0.1, 0.15) is 0 Å². The minimum atomic E-state index is -2.63. The Bertz CT molecular complexity index is 238. The summed E-state index contributed by atoms with van der Waals surface area (Å²) >= 11 is 0. The Morgan fingerprint density at radius 2 is 1.72 bits per heavy atom. The zero-order chi connectivity index (χ0) is 13.4. The van der Waals surface area contributed by atoms with Crippen LogP contribution in [0.2, 0.25) is 0 Å². The summed E-state index contributed by atoms with van der Waals surface area (Å²) in [5, 5.41) is 2.82. The van der Waals surface area contributed by atoms with Crippen molar-refractivity contribution in [1.82, 2.24) is 10.2 Å². The van der Waals surface area contributed by atoms with E-state index in [0.717, 1.165) is 6.54 Å². The summed E-state index contributed by atoms with van der Waals surface area (Å²) in [6.45, 7) is 8.83. The normalized spacial score (nSPS) is 17.8. The quantitative estimate of drug-likeness (QED) is 0.648. The molecule has 0 spiro atoms. The number of amides is 1. The molecule has 1 rings (SSSR count). The van der Waals surface area contributed by atoms with E-state index in [1.807, 2.05) is 20.8 Å². The maximum absolute atomic E-state index is 11.1. The highest BCUT2D eigenvalue weighted by Gasteiger charge is 2.42. The summed E-state index contributed by atoms with van der Waals surface area (Å²) in [4.78, 5) is 13.3. The van der Waals surface area contributed by atoms with Crippen molar-refractivity contribution in [3.8, 4) is 0 Å². The third-order valence-corrected chi connectivity index (χ3v) is 5.68. The Morgan fingerprint density at radius 3 is 2.11 bits per heavy atom. The maximum Gasteiger partial charge on any atom is 0.515 e. The molecule has 0 aromatic carbocycles. The monoisotopic (exact) mass is 276 g/mol. The van der Waals surface area contributed by atoms with Crippen LogP contribution in [0, 0.1) is 0 Å². The summed E-state index contributed by atoms with van der Waals surface area (Å²) < 4.78 is 17.3. The number of carbonyl (C=O) groups excluding carboxylic acids is 1. The standard InChI is InChI=1S/C11H24N2O4Si/c1-4-15-18(16-5-2,17-6-3)10-13-8-7-11(14)12-9-13/h4-10H2,1-3H3,(H,12,14). The number of hydrogen-bond donors (Lipinski definition) is 1. The molecule has 0 aromatic heterocycles. The summed E-state index contributed by atoms with van der Waals surface area (Å²) in [5.41, 5.74) is 0. The van der Waals surface area contributed by atoms with E-state index in [1.54, 1.807) is 0 Å². The van der Waals surface area contributed by atoms with Crippen molar-refractivity contribution in [2.24, 2.45) is 0 Å². The Labute approximate surface area is 110 Å². The highest BCUT2D eigenvalue weighted by Crippen LogP contribution is 2.13. The number of nitrogens with one attached hydrogen (secondary N) is 1. The molecule has 6 nitrogen and oxygen atoms in total. The lowest BCUT2D eigenvalue weighted by molar-refractivity contribution is -0.124. The smallest absolute Gasteiger partial charge is 0.373 e. The largest absolute Gasteiger partial charge is 0.515 e. The molecule has 1 fully saturated rings. The molecule has 1 aliphatic rings.